The van der Waals surface area contributed by atoms with Gasteiger partial charge < -0.3 is 5.32 Å². The molecule has 0 saturated carbocycles. The molecule has 18 heavy (non-hydrogen) atoms. The van der Waals surface area contributed by atoms with Crippen molar-refractivity contribution < 1.29 is 4.79 Å². The van der Waals surface area contributed by atoms with Crippen molar-refractivity contribution in [2.75, 3.05) is 6.54 Å². The summed E-state index contributed by atoms with van der Waals surface area (Å²) >= 11 is 6.44. The van der Waals surface area contributed by atoms with Crippen molar-refractivity contribution in [3.05, 3.63) is 23.0 Å². The van der Waals surface area contributed by atoms with Crippen LogP contribution in [-0.4, -0.2) is 26.9 Å². The number of fused-ring (bicyclic) bond motifs is 1. The predicted octanol–water partition coefficient (Wildman–Crippen LogP) is 0.833. The number of nitrogens with zero attached hydrogens (tertiary/aromatic N) is 2. The van der Waals surface area contributed by atoms with Crippen molar-refractivity contribution in [3.63, 3.8) is 0 Å². The summed E-state index contributed by atoms with van der Waals surface area (Å²) in [7, 11) is 0. The Morgan fingerprint density at radius 3 is 3.06 bits per heavy atom. The highest BCUT2D eigenvalue weighted by Crippen LogP contribution is 2.16. The number of carbonyl (C=O) groups is 1. The molecule has 0 bridgehead atoms. The molecule has 2 aromatic heterocycles. The zero-order valence-corrected chi connectivity index (χ0v) is 11.6. The van der Waals surface area contributed by atoms with Crippen LogP contribution < -0.4 is 16.2 Å². The Bertz CT molecular complexity index is 588. The number of hydrogen-bond donors (Lipinski definition) is 3. The number of aryl methyl sites for hydroxylation is 1. The van der Waals surface area contributed by atoms with Crippen molar-refractivity contribution in [2.24, 2.45) is 0 Å². The van der Waals surface area contributed by atoms with E-state index in [1.165, 1.54) is 11.3 Å². The number of rotatable bonds is 2. The molecule has 96 valence electrons. The Balaban J connectivity index is 2.11. The third kappa shape index (κ3) is 2.44. The van der Waals surface area contributed by atoms with Crippen LogP contribution in [0.15, 0.2) is 11.6 Å². The summed E-state index contributed by atoms with van der Waals surface area (Å²) in [6.45, 7) is 4.42. The number of thiazole rings is 1. The molecule has 0 fully saturated rings. The molecule has 0 aromatic carbocycles. The summed E-state index contributed by atoms with van der Waals surface area (Å²) in [5, 5.41) is 5.15. The molecule has 8 heteroatoms. The van der Waals surface area contributed by atoms with Gasteiger partial charge in [0, 0.05) is 18.1 Å². The second-order valence-electron chi connectivity index (χ2n) is 3.54. The fraction of sp³-hybridized carbons (Fsp3) is 0.300. The first-order chi connectivity index (χ1) is 8.63. The molecule has 6 nitrogen and oxygen atoms in total. The minimum atomic E-state index is -0.265. The van der Waals surface area contributed by atoms with Gasteiger partial charge in [-0.1, -0.05) is 0 Å². The molecule has 0 spiro atoms. The summed E-state index contributed by atoms with van der Waals surface area (Å²) < 4.78 is 1.76. The van der Waals surface area contributed by atoms with E-state index in [0.717, 1.165) is 4.96 Å². The lowest BCUT2D eigenvalue weighted by Crippen LogP contribution is -2.47. The first-order valence-corrected chi connectivity index (χ1v) is 6.68. The first kappa shape index (κ1) is 12.8. The second-order valence-corrected chi connectivity index (χ2v) is 4.82. The minimum Gasteiger partial charge on any atom is -0.362 e. The maximum Gasteiger partial charge on any atom is 0.288 e. The number of hydrazine groups is 1. The monoisotopic (exact) mass is 283 g/mol. The average Bonchev–Trinajstić information content (AvgIpc) is 2.86. The molecule has 0 atom stereocenters. The molecule has 0 saturated heterocycles. The molecule has 2 aromatic rings. The Kier molecular flexibility index (Phi) is 3.78. The van der Waals surface area contributed by atoms with Gasteiger partial charge in [0.05, 0.1) is 5.69 Å². The van der Waals surface area contributed by atoms with Crippen LogP contribution in [0.25, 0.3) is 4.96 Å². The Hall–Kier alpha value is -1.67. The molecule has 0 aliphatic rings. The zero-order chi connectivity index (χ0) is 13.1. The van der Waals surface area contributed by atoms with E-state index in [4.69, 9.17) is 12.2 Å². The van der Waals surface area contributed by atoms with Crippen molar-refractivity contribution >= 4 is 39.5 Å². The van der Waals surface area contributed by atoms with Gasteiger partial charge in [0.2, 0.25) is 0 Å². The summed E-state index contributed by atoms with van der Waals surface area (Å²) in [6, 6.07) is 0. The SMILES string of the molecule is CCNC(=S)NNC(=O)c1c(C)nc2sccn12. The number of imidazole rings is 1. The van der Waals surface area contributed by atoms with Gasteiger partial charge in [0.1, 0.15) is 5.69 Å². The Labute approximate surface area is 113 Å². The van der Waals surface area contributed by atoms with Gasteiger partial charge >= 0.3 is 0 Å². The Morgan fingerprint density at radius 1 is 1.56 bits per heavy atom. The summed E-state index contributed by atoms with van der Waals surface area (Å²) in [5.41, 5.74) is 6.38. The highest BCUT2D eigenvalue weighted by atomic mass is 32.1. The Morgan fingerprint density at radius 2 is 2.33 bits per heavy atom. The van der Waals surface area contributed by atoms with Gasteiger partial charge in [-0.25, -0.2) is 4.98 Å². The molecule has 1 amide bonds. The van der Waals surface area contributed by atoms with Gasteiger partial charge in [-0.3, -0.25) is 20.0 Å². The van der Waals surface area contributed by atoms with E-state index in [2.05, 4.69) is 21.2 Å². The molecule has 3 N–H and O–H groups in total. The van der Waals surface area contributed by atoms with Crippen LogP contribution in [-0.2, 0) is 0 Å². The fourth-order valence-electron chi connectivity index (χ4n) is 1.55. The van der Waals surface area contributed by atoms with E-state index < -0.39 is 0 Å². The number of aromatic nitrogens is 2. The predicted molar refractivity (Wildman–Crippen MR) is 74.7 cm³/mol. The van der Waals surface area contributed by atoms with Gasteiger partial charge in [-0.2, -0.15) is 0 Å². The average molecular weight is 283 g/mol. The number of hydrogen-bond acceptors (Lipinski definition) is 4. The van der Waals surface area contributed by atoms with Gasteiger partial charge in [0.15, 0.2) is 10.1 Å². The van der Waals surface area contributed by atoms with Crippen LogP contribution in [0.5, 0.6) is 0 Å². The van der Waals surface area contributed by atoms with Crippen molar-refractivity contribution in [1.82, 2.24) is 25.6 Å². The molecule has 0 radical (unpaired) electrons. The first-order valence-electron chi connectivity index (χ1n) is 5.39. The molecule has 2 heterocycles. The second kappa shape index (κ2) is 5.32. The van der Waals surface area contributed by atoms with E-state index >= 15 is 0 Å². The molecule has 0 aliphatic carbocycles. The van der Waals surface area contributed by atoms with Crippen molar-refractivity contribution in [1.29, 1.82) is 0 Å². The lowest BCUT2D eigenvalue weighted by Gasteiger charge is -2.09. The molecular weight excluding hydrogens is 270 g/mol. The maximum absolute atomic E-state index is 12.0. The molecule has 2 rings (SSSR count). The van der Waals surface area contributed by atoms with Crippen molar-refractivity contribution in [3.8, 4) is 0 Å². The molecule has 0 unspecified atom stereocenters. The maximum atomic E-state index is 12.0. The number of carbonyl (C=O) groups excluding carboxylic acids is 1. The van der Waals surface area contributed by atoms with Crippen molar-refractivity contribution in [2.45, 2.75) is 13.8 Å². The highest BCUT2D eigenvalue weighted by molar-refractivity contribution is 7.80. The van der Waals surface area contributed by atoms with Gasteiger partial charge in [-0.05, 0) is 26.1 Å². The molecule has 0 aliphatic heterocycles. The third-order valence-corrected chi connectivity index (χ3v) is 3.28. The summed E-state index contributed by atoms with van der Waals surface area (Å²) in [5.74, 6) is -0.265. The smallest absolute Gasteiger partial charge is 0.288 e. The van der Waals surface area contributed by atoms with Crippen LogP contribution in [0, 0.1) is 6.92 Å². The van der Waals surface area contributed by atoms with Crippen LogP contribution in [0.2, 0.25) is 0 Å². The van der Waals surface area contributed by atoms with Crippen LogP contribution >= 0.6 is 23.6 Å². The lowest BCUT2D eigenvalue weighted by molar-refractivity contribution is 0.0937. The number of amides is 1. The third-order valence-electron chi connectivity index (χ3n) is 2.28. The van der Waals surface area contributed by atoms with E-state index in [1.807, 2.05) is 18.5 Å². The highest BCUT2D eigenvalue weighted by Gasteiger charge is 2.16. The summed E-state index contributed by atoms with van der Waals surface area (Å²) in [6.07, 6.45) is 1.82. The largest absolute Gasteiger partial charge is 0.362 e. The van der Waals surface area contributed by atoms with Crippen LogP contribution in [0.3, 0.4) is 0 Å². The van der Waals surface area contributed by atoms with E-state index in [9.17, 15) is 4.79 Å². The van der Waals surface area contributed by atoms with Crippen LogP contribution in [0.1, 0.15) is 23.1 Å². The van der Waals surface area contributed by atoms with E-state index in [1.54, 1.807) is 11.3 Å². The normalized spacial score (nSPS) is 10.3. The number of thiocarbonyl (C=S) groups is 1. The van der Waals surface area contributed by atoms with Crippen LogP contribution in [0.4, 0.5) is 0 Å². The van der Waals surface area contributed by atoms with Gasteiger partial charge in [0.25, 0.3) is 5.91 Å². The van der Waals surface area contributed by atoms with E-state index in [-0.39, 0.29) is 5.91 Å². The summed E-state index contributed by atoms with van der Waals surface area (Å²) in [4.78, 5) is 17.1. The topological polar surface area (TPSA) is 70.5 Å². The quantitative estimate of drug-likeness (QED) is 0.562. The standard InChI is InChI=1S/C10H13N5OS2/c1-3-11-9(17)14-13-8(16)7-6(2)12-10-15(7)4-5-18-10/h4-5H,3H2,1-2H3,(H,13,16)(H2,11,14,17). The van der Waals surface area contributed by atoms with E-state index in [0.29, 0.717) is 23.0 Å². The minimum absolute atomic E-state index is 0.265. The fourth-order valence-corrected chi connectivity index (χ4v) is 2.50. The number of nitrogens with one attached hydrogen (secondary N) is 3. The zero-order valence-electron chi connectivity index (χ0n) is 9.98. The van der Waals surface area contributed by atoms with Gasteiger partial charge in [-0.15, -0.1) is 11.3 Å². The lowest BCUT2D eigenvalue weighted by atomic mass is 10.3. The molecular formula is C10H13N5OS2.